The molecule has 136 valence electrons. The molecule has 0 spiro atoms. The van der Waals surface area contributed by atoms with Crippen molar-refractivity contribution in [3.8, 4) is 0 Å². The lowest BCUT2D eigenvalue weighted by Crippen LogP contribution is -2.53. The lowest BCUT2D eigenvalue weighted by molar-refractivity contribution is -0.130. The van der Waals surface area contributed by atoms with Gasteiger partial charge in [-0.25, -0.2) is 4.79 Å². The van der Waals surface area contributed by atoms with Gasteiger partial charge in [0.1, 0.15) is 0 Å². The van der Waals surface area contributed by atoms with Crippen molar-refractivity contribution in [2.24, 2.45) is 0 Å². The van der Waals surface area contributed by atoms with Gasteiger partial charge in [-0.15, -0.1) is 0 Å². The Labute approximate surface area is 143 Å². The van der Waals surface area contributed by atoms with Crippen molar-refractivity contribution in [2.45, 2.75) is 69.7 Å². The molecule has 7 nitrogen and oxygen atoms in total. The van der Waals surface area contributed by atoms with Crippen LogP contribution >= 0.6 is 0 Å². The smallest absolute Gasteiger partial charge is 0.321 e. The van der Waals surface area contributed by atoms with Gasteiger partial charge in [-0.3, -0.25) is 15.0 Å². The molecule has 1 atom stereocenters. The number of ether oxygens (including phenoxy) is 2. The highest BCUT2D eigenvalue weighted by atomic mass is 16.7. The molecule has 3 amide bonds. The number of amides is 3. The summed E-state index contributed by atoms with van der Waals surface area (Å²) in [7, 11) is 0. The van der Waals surface area contributed by atoms with Gasteiger partial charge >= 0.3 is 6.03 Å². The number of nitrogens with zero attached hydrogens (tertiary/aromatic N) is 1. The number of likely N-dealkylation sites (tertiary alicyclic amines) is 1. The molecule has 3 fully saturated rings. The van der Waals surface area contributed by atoms with Gasteiger partial charge < -0.3 is 14.8 Å². The molecule has 0 unspecified atom stereocenters. The minimum absolute atomic E-state index is 0.105. The summed E-state index contributed by atoms with van der Waals surface area (Å²) in [5, 5.41) is 5.39. The second-order valence-electron chi connectivity index (χ2n) is 7.00. The van der Waals surface area contributed by atoms with Gasteiger partial charge in [0.05, 0.1) is 25.8 Å². The van der Waals surface area contributed by atoms with Gasteiger partial charge in [0.15, 0.2) is 6.29 Å². The summed E-state index contributed by atoms with van der Waals surface area (Å²) in [4.78, 5) is 26.3. The van der Waals surface area contributed by atoms with E-state index in [1.165, 1.54) is 6.42 Å². The summed E-state index contributed by atoms with van der Waals surface area (Å²) < 4.78 is 11.2. The molecule has 2 heterocycles. The molecule has 7 heteroatoms. The lowest BCUT2D eigenvalue weighted by atomic mass is 9.96. The largest absolute Gasteiger partial charge is 0.349 e. The average Bonchev–Trinajstić information content (AvgIpc) is 3.10. The number of urea groups is 1. The molecule has 0 aromatic heterocycles. The highest BCUT2D eigenvalue weighted by Crippen LogP contribution is 2.24. The summed E-state index contributed by atoms with van der Waals surface area (Å²) in [5.74, 6) is -0.256. The van der Waals surface area contributed by atoms with Crippen LogP contribution in [-0.4, -0.2) is 61.5 Å². The zero-order valence-corrected chi connectivity index (χ0v) is 14.3. The summed E-state index contributed by atoms with van der Waals surface area (Å²) >= 11 is 0. The number of nitrogens with one attached hydrogen (secondary N) is 2. The molecule has 2 saturated heterocycles. The van der Waals surface area contributed by atoms with Crippen LogP contribution < -0.4 is 10.6 Å². The van der Waals surface area contributed by atoms with Gasteiger partial charge in [0.25, 0.3) is 0 Å². The van der Waals surface area contributed by atoms with Crippen molar-refractivity contribution in [3.05, 3.63) is 0 Å². The zero-order chi connectivity index (χ0) is 16.8. The number of carbonyl (C=O) groups excluding carboxylic acids is 2. The normalized spacial score (nSPS) is 27.1. The van der Waals surface area contributed by atoms with Gasteiger partial charge in [-0.05, 0) is 32.2 Å². The van der Waals surface area contributed by atoms with Crippen LogP contribution in [0.25, 0.3) is 0 Å². The Hall–Kier alpha value is -1.18. The minimum atomic E-state index is -0.367. The quantitative estimate of drug-likeness (QED) is 0.809. The molecule has 0 radical (unpaired) electrons. The summed E-state index contributed by atoms with van der Waals surface area (Å²) in [6, 6.07) is -0.0585. The topological polar surface area (TPSA) is 79.9 Å². The van der Waals surface area contributed by atoms with E-state index in [9.17, 15) is 9.59 Å². The predicted octanol–water partition coefficient (Wildman–Crippen LogP) is 1.37. The second-order valence-corrected chi connectivity index (χ2v) is 7.00. The Kier molecular flexibility index (Phi) is 6.45. The maximum absolute atomic E-state index is 12.2. The molecule has 1 saturated carbocycles. The summed E-state index contributed by atoms with van der Waals surface area (Å²) in [6.07, 6.45) is 8.45. The highest BCUT2D eigenvalue weighted by Gasteiger charge is 2.34. The van der Waals surface area contributed by atoms with Crippen LogP contribution in [0.1, 0.15) is 51.4 Å². The van der Waals surface area contributed by atoms with E-state index in [1.807, 2.05) is 0 Å². The predicted molar refractivity (Wildman–Crippen MR) is 88.5 cm³/mol. The molecule has 3 aliphatic rings. The SMILES string of the molecule is O=C(CN1CCCC[C@@H]1C1OCCO1)NC(=O)NC1CCCCC1. The molecule has 2 aliphatic heterocycles. The third kappa shape index (κ3) is 4.91. The minimum Gasteiger partial charge on any atom is -0.349 e. The van der Waals surface area contributed by atoms with Crippen molar-refractivity contribution >= 4 is 11.9 Å². The average molecular weight is 339 g/mol. The second kappa shape index (κ2) is 8.78. The first kappa shape index (κ1) is 17.6. The molecule has 24 heavy (non-hydrogen) atoms. The Morgan fingerprint density at radius 1 is 0.958 bits per heavy atom. The molecule has 0 aromatic carbocycles. The van der Waals surface area contributed by atoms with Crippen molar-refractivity contribution < 1.29 is 19.1 Å². The molecule has 0 aromatic rings. The number of rotatable bonds is 4. The fraction of sp³-hybridized carbons (Fsp3) is 0.882. The fourth-order valence-corrected chi connectivity index (χ4v) is 3.94. The molecule has 2 N–H and O–H groups in total. The van der Waals surface area contributed by atoms with Gasteiger partial charge in [0, 0.05) is 6.04 Å². The van der Waals surface area contributed by atoms with Crippen molar-refractivity contribution in [3.63, 3.8) is 0 Å². The van der Waals surface area contributed by atoms with Gasteiger partial charge in [0.2, 0.25) is 5.91 Å². The van der Waals surface area contributed by atoms with Crippen molar-refractivity contribution in [2.75, 3.05) is 26.3 Å². The van der Waals surface area contributed by atoms with E-state index in [0.29, 0.717) is 13.2 Å². The van der Waals surface area contributed by atoms with E-state index in [-0.39, 0.29) is 36.9 Å². The van der Waals surface area contributed by atoms with Crippen LogP contribution in [0.2, 0.25) is 0 Å². The van der Waals surface area contributed by atoms with Gasteiger partial charge in [-0.1, -0.05) is 25.7 Å². The van der Waals surface area contributed by atoms with Crippen LogP contribution in [0, 0.1) is 0 Å². The van der Waals surface area contributed by atoms with Crippen LogP contribution in [0.4, 0.5) is 4.79 Å². The van der Waals surface area contributed by atoms with Crippen LogP contribution in [0.15, 0.2) is 0 Å². The maximum Gasteiger partial charge on any atom is 0.321 e. The number of hydrogen-bond donors (Lipinski definition) is 2. The van der Waals surface area contributed by atoms with E-state index in [2.05, 4.69) is 15.5 Å². The zero-order valence-electron chi connectivity index (χ0n) is 14.3. The first-order valence-electron chi connectivity index (χ1n) is 9.30. The molecule has 3 rings (SSSR count). The Morgan fingerprint density at radius 2 is 1.67 bits per heavy atom. The number of carbonyl (C=O) groups is 2. The maximum atomic E-state index is 12.2. The molecule has 1 aliphatic carbocycles. The highest BCUT2D eigenvalue weighted by molar-refractivity contribution is 5.95. The Balaban J connectivity index is 1.44. The molecular weight excluding hydrogens is 310 g/mol. The monoisotopic (exact) mass is 339 g/mol. The third-order valence-corrected chi connectivity index (χ3v) is 5.17. The third-order valence-electron chi connectivity index (χ3n) is 5.17. The summed E-state index contributed by atoms with van der Waals surface area (Å²) in [6.45, 7) is 2.29. The Morgan fingerprint density at radius 3 is 2.42 bits per heavy atom. The Bertz CT molecular complexity index is 434. The van der Waals surface area contributed by atoms with E-state index >= 15 is 0 Å². The lowest BCUT2D eigenvalue weighted by Gasteiger charge is -2.37. The summed E-state index contributed by atoms with van der Waals surface area (Å²) in [5.41, 5.74) is 0. The first-order chi connectivity index (χ1) is 11.7. The first-order valence-corrected chi connectivity index (χ1v) is 9.30. The van der Waals surface area contributed by atoms with E-state index < -0.39 is 0 Å². The van der Waals surface area contributed by atoms with E-state index in [4.69, 9.17) is 9.47 Å². The van der Waals surface area contributed by atoms with Crippen LogP contribution in [0.3, 0.4) is 0 Å². The number of imide groups is 1. The number of hydrogen-bond acceptors (Lipinski definition) is 5. The fourth-order valence-electron chi connectivity index (χ4n) is 3.94. The van der Waals surface area contributed by atoms with Crippen molar-refractivity contribution in [1.29, 1.82) is 0 Å². The standard InChI is InChI=1S/C17H29N3O4/c21-15(19-17(22)18-13-6-2-1-3-7-13)12-20-9-5-4-8-14(20)16-23-10-11-24-16/h13-14,16H,1-12H2,(H2,18,19,21,22)/t14-/m1/s1. The van der Waals surface area contributed by atoms with Crippen LogP contribution in [-0.2, 0) is 14.3 Å². The van der Waals surface area contributed by atoms with Crippen molar-refractivity contribution in [1.82, 2.24) is 15.5 Å². The molecular formula is C17H29N3O4. The number of piperidine rings is 1. The molecule has 0 bridgehead atoms. The van der Waals surface area contributed by atoms with E-state index in [0.717, 1.165) is 51.5 Å². The van der Waals surface area contributed by atoms with E-state index in [1.54, 1.807) is 0 Å². The van der Waals surface area contributed by atoms with Gasteiger partial charge in [-0.2, -0.15) is 0 Å². The van der Waals surface area contributed by atoms with Crippen LogP contribution in [0.5, 0.6) is 0 Å².